The summed E-state index contributed by atoms with van der Waals surface area (Å²) in [5.41, 5.74) is 2.55. The fourth-order valence-corrected chi connectivity index (χ4v) is 4.84. The minimum Gasteiger partial charge on any atom is -0.486 e. The molecule has 1 aliphatic rings. The van der Waals surface area contributed by atoms with Crippen molar-refractivity contribution in [3.8, 4) is 11.5 Å². The number of benzene rings is 3. The van der Waals surface area contributed by atoms with Crippen molar-refractivity contribution in [2.24, 2.45) is 0 Å². The molecule has 3 aromatic carbocycles. The largest absolute Gasteiger partial charge is 0.486 e. The van der Waals surface area contributed by atoms with Crippen molar-refractivity contribution in [3.05, 3.63) is 89.2 Å². The maximum atomic E-state index is 13.9. The molecule has 1 heterocycles. The van der Waals surface area contributed by atoms with Gasteiger partial charge in [0.1, 0.15) is 19.0 Å². The smallest absolute Gasteiger partial charge is 0.240 e. The molecule has 4 rings (SSSR count). The van der Waals surface area contributed by atoms with Gasteiger partial charge in [-0.2, -0.15) is 0 Å². The number of halogens is 1. The van der Waals surface area contributed by atoms with E-state index in [1.165, 1.54) is 24.3 Å². The number of rotatable bonds is 9. The summed E-state index contributed by atoms with van der Waals surface area (Å²) >= 11 is 0. The van der Waals surface area contributed by atoms with Gasteiger partial charge in [-0.05, 0) is 47.4 Å². The third kappa shape index (κ3) is 6.17. The van der Waals surface area contributed by atoms with Gasteiger partial charge in [-0.15, -0.1) is 0 Å². The fraction of sp³-hybridized carbons (Fsp3) is 0.269. The van der Waals surface area contributed by atoms with E-state index in [1.54, 1.807) is 18.2 Å². The highest BCUT2D eigenvalue weighted by molar-refractivity contribution is 7.89. The molecule has 1 atom stereocenters. The number of carbonyl (C=O) groups is 1. The Morgan fingerprint density at radius 1 is 0.971 bits per heavy atom. The van der Waals surface area contributed by atoms with Crippen LogP contribution in [-0.2, 0) is 21.2 Å². The lowest BCUT2D eigenvalue weighted by Gasteiger charge is -2.21. The van der Waals surface area contributed by atoms with E-state index in [9.17, 15) is 17.6 Å². The van der Waals surface area contributed by atoms with E-state index in [-0.39, 0.29) is 23.8 Å². The monoisotopic (exact) mass is 498 g/mol. The van der Waals surface area contributed by atoms with E-state index < -0.39 is 21.9 Å². The summed E-state index contributed by atoms with van der Waals surface area (Å²) in [5, 5.41) is 2.90. The van der Waals surface area contributed by atoms with Gasteiger partial charge in [-0.1, -0.05) is 43.3 Å². The Bertz CT molecular complexity index is 1300. The zero-order chi connectivity index (χ0) is 24.8. The van der Waals surface area contributed by atoms with Crippen LogP contribution in [0.3, 0.4) is 0 Å². The molecule has 0 spiro atoms. The number of ether oxygens (including phenoxy) is 2. The zero-order valence-electron chi connectivity index (χ0n) is 19.3. The third-order valence-corrected chi connectivity index (χ3v) is 7.14. The van der Waals surface area contributed by atoms with Crippen molar-refractivity contribution >= 4 is 15.9 Å². The Balaban J connectivity index is 1.42. The first-order valence-electron chi connectivity index (χ1n) is 11.4. The second kappa shape index (κ2) is 10.9. The number of amides is 1. The molecule has 0 fully saturated rings. The number of hydrogen-bond acceptors (Lipinski definition) is 5. The van der Waals surface area contributed by atoms with Gasteiger partial charge in [0.2, 0.25) is 15.9 Å². The van der Waals surface area contributed by atoms with Crippen molar-refractivity contribution in [1.29, 1.82) is 0 Å². The molecule has 35 heavy (non-hydrogen) atoms. The molecule has 2 N–H and O–H groups in total. The molecule has 9 heteroatoms. The summed E-state index contributed by atoms with van der Waals surface area (Å²) in [6.07, 6.45) is 0.781. The van der Waals surface area contributed by atoms with Crippen LogP contribution < -0.4 is 19.5 Å². The van der Waals surface area contributed by atoms with Crippen LogP contribution in [0.25, 0.3) is 0 Å². The van der Waals surface area contributed by atoms with Gasteiger partial charge in [-0.3, -0.25) is 4.79 Å². The molecule has 0 aromatic heterocycles. The molecule has 0 aliphatic carbocycles. The van der Waals surface area contributed by atoms with Crippen molar-refractivity contribution in [3.63, 3.8) is 0 Å². The Morgan fingerprint density at radius 2 is 1.71 bits per heavy atom. The van der Waals surface area contributed by atoms with Crippen LogP contribution in [0, 0.1) is 5.82 Å². The standard InChI is InChI=1S/C26H27FN2O5S/c1-2-18-6-8-19(9-7-18)26(20-4-3-5-21(27)16-20)29-25(30)12-13-28-35(31,32)22-10-11-23-24(17-22)34-15-14-33-23/h3-11,16-17,26,28H,2,12-15H2,1H3,(H,29,30)/t26-/m1/s1. The summed E-state index contributed by atoms with van der Waals surface area (Å²) in [6, 6.07) is 17.6. The molecule has 1 aliphatic heterocycles. The zero-order valence-corrected chi connectivity index (χ0v) is 20.1. The van der Waals surface area contributed by atoms with Crippen molar-refractivity contribution in [1.82, 2.24) is 10.0 Å². The minimum atomic E-state index is -3.85. The summed E-state index contributed by atoms with van der Waals surface area (Å²) in [5.74, 6) is 0.0802. The molecule has 3 aromatic rings. The second-order valence-corrected chi connectivity index (χ2v) is 9.87. The van der Waals surface area contributed by atoms with E-state index in [2.05, 4.69) is 10.0 Å². The highest BCUT2D eigenvalue weighted by Gasteiger charge is 2.21. The number of carbonyl (C=O) groups excluding carboxylic acids is 1. The maximum absolute atomic E-state index is 13.9. The summed E-state index contributed by atoms with van der Waals surface area (Å²) < 4.78 is 52.6. The average Bonchev–Trinajstić information content (AvgIpc) is 2.87. The average molecular weight is 499 g/mol. The van der Waals surface area contributed by atoms with Crippen molar-refractivity contribution < 1.29 is 27.1 Å². The number of nitrogens with one attached hydrogen (secondary N) is 2. The molecular weight excluding hydrogens is 471 g/mol. The van der Waals surface area contributed by atoms with Gasteiger partial charge in [0.25, 0.3) is 0 Å². The van der Waals surface area contributed by atoms with Gasteiger partial charge in [0.05, 0.1) is 10.9 Å². The van der Waals surface area contributed by atoms with Gasteiger partial charge < -0.3 is 14.8 Å². The van der Waals surface area contributed by atoms with Crippen LogP contribution in [-0.4, -0.2) is 34.1 Å². The summed E-state index contributed by atoms with van der Waals surface area (Å²) in [4.78, 5) is 12.8. The molecule has 0 saturated heterocycles. The Labute approximate surface area is 204 Å². The molecule has 184 valence electrons. The predicted octanol–water partition coefficient (Wildman–Crippen LogP) is 3.73. The van der Waals surface area contributed by atoms with E-state index in [0.717, 1.165) is 17.5 Å². The topological polar surface area (TPSA) is 93.7 Å². The normalized spacial score (nSPS) is 13.8. The van der Waals surface area contributed by atoms with E-state index in [1.807, 2.05) is 31.2 Å². The Kier molecular flexibility index (Phi) is 7.67. The summed E-state index contributed by atoms with van der Waals surface area (Å²) in [6.45, 7) is 2.70. The number of sulfonamides is 1. The number of fused-ring (bicyclic) bond motifs is 1. The quantitative estimate of drug-likeness (QED) is 0.469. The van der Waals surface area contributed by atoms with Crippen molar-refractivity contribution in [2.45, 2.75) is 30.7 Å². The first kappa shape index (κ1) is 24.7. The Hall–Kier alpha value is -3.43. The lowest BCUT2D eigenvalue weighted by Crippen LogP contribution is -2.33. The number of hydrogen-bond donors (Lipinski definition) is 2. The van der Waals surface area contributed by atoms with E-state index in [0.29, 0.717) is 30.3 Å². The van der Waals surface area contributed by atoms with Crippen LogP contribution in [0.4, 0.5) is 4.39 Å². The van der Waals surface area contributed by atoms with Gasteiger partial charge >= 0.3 is 0 Å². The second-order valence-electron chi connectivity index (χ2n) is 8.10. The molecule has 0 saturated carbocycles. The highest BCUT2D eigenvalue weighted by atomic mass is 32.2. The fourth-order valence-electron chi connectivity index (χ4n) is 3.80. The molecule has 1 amide bonds. The molecular formula is C26H27FN2O5S. The van der Waals surface area contributed by atoms with Crippen molar-refractivity contribution in [2.75, 3.05) is 19.8 Å². The first-order valence-corrected chi connectivity index (χ1v) is 12.9. The predicted molar refractivity (Wildman–Crippen MR) is 129 cm³/mol. The first-order chi connectivity index (χ1) is 16.9. The Morgan fingerprint density at radius 3 is 2.43 bits per heavy atom. The van der Waals surface area contributed by atoms with Gasteiger partial charge in [-0.25, -0.2) is 17.5 Å². The molecule has 0 unspecified atom stereocenters. The molecule has 0 bridgehead atoms. The van der Waals surface area contributed by atoms with Crippen LogP contribution in [0.5, 0.6) is 11.5 Å². The molecule has 0 radical (unpaired) electrons. The van der Waals surface area contributed by atoms with Gasteiger partial charge in [0.15, 0.2) is 11.5 Å². The maximum Gasteiger partial charge on any atom is 0.240 e. The van der Waals surface area contributed by atoms with Gasteiger partial charge in [0, 0.05) is 19.0 Å². The highest BCUT2D eigenvalue weighted by Crippen LogP contribution is 2.32. The van der Waals surface area contributed by atoms with Crippen LogP contribution in [0.2, 0.25) is 0 Å². The van der Waals surface area contributed by atoms with Crippen LogP contribution >= 0.6 is 0 Å². The number of aryl methyl sites for hydroxylation is 1. The minimum absolute atomic E-state index is 0.0239. The van der Waals surface area contributed by atoms with E-state index in [4.69, 9.17) is 9.47 Å². The van der Waals surface area contributed by atoms with Crippen LogP contribution in [0.1, 0.15) is 36.1 Å². The SMILES string of the molecule is CCc1ccc([C@@H](NC(=O)CCNS(=O)(=O)c2ccc3c(c2)OCCO3)c2cccc(F)c2)cc1. The third-order valence-electron chi connectivity index (χ3n) is 5.68. The summed E-state index contributed by atoms with van der Waals surface area (Å²) in [7, 11) is -3.85. The lowest BCUT2D eigenvalue weighted by atomic mass is 9.97. The lowest BCUT2D eigenvalue weighted by molar-refractivity contribution is -0.121. The molecule has 7 nitrogen and oxygen atoms in total. The van der Waals surface area contributed by atoms with Crippen LogP contribution in [0.15, 0.2) is 71.6 Å². The van der Waals surface area contributed by atoms with E-state index >= 15 is 0 Å².